The third-order valence-corrected chi connectivity index (χ3v) is 4.85. The lowest BCUT2D eigenvalue weighted by Gasteiger charge is -2.27. The number of alkyl halides is 1. The summed E-state index contributed by atoms with van der Waals surface area (Å²) >= 11 is 1.56. The Morgan fingerprint density at radius 3 is 3.08 bits per heavy atom. The molecular weight excluding hydrogens is 331 g/mol. The molecule has 1 aliphatic heterocycles. The number of carbonyl (C=O) groups is 1. The van der Waals surface area contributed by atoms with E-state index in [4.69, 9.17) is 0 Å². The molecule has 0 unspecified atom stereocenters. The van der Waals surface area contributed by atoms with E-state index in [9.17, 15) is 9.18 Å². The zero-order valence-corrected chi connectivity index (χ0v) is 14.5. The molecule has 0 aliphatic carbocycles. The number of nitrogens with one attached hydrogen (secondary N) is 1. The van der Waals surface area contributed by atoms with E-state index < -0.39 is 6.17 Å². The van der Waals surface area contributed by atoms with Gasteiger partial charge in [0, 0.05) is 51.0 Å². The van der Waals surface area contributed by atoms with Gasteiger partial charge in [-0.15, -0.1) is 11.3 Å². The van der Waals surface area contributed by atoms with Crippen LogP contribution in [0.15, 0.2) is 24.0 Å². The number of amides is 2. The fourth-order valence-electron chi connectivity index (χ4n) is 2.91. The molecule has 3 heterocycles. The Balaban J connectivity index is 1.57. The summed E-state index contributed by atoms with van der Waals surface area (Å²) in [6, 6.07) is -0.229. The molecule has 0 spiro atoms. The average Bonchev–Trinajstić information content (AvgIpc) is 3.24. The van der Waals surface area contributed by atoms with E-state index >= 15 is 0 Å². The van der Waals surface area contributed by atoms with Gasteiger partial charge in [0.15, 0.2) is 0 Å². The summed E-state index contributed by atoms with van der Waals surface area (Å²) in [4.78, 5) is 20.2. The van der Waals surface area contributed by atoms with Crippen molar-refractivity contribution in [2.24, 2.45) is 7.05 Å². The van der Waals surface area contributed by atoms with Crippen LogP contribution >= 0.6 is 11.3 Å². The van der Waals surface area contributed by atoms with Crippen molar-refractivity contribution in [2.75, 3.05) is 25.5 Å². The van der Waals surface area contributed by atoms with Gasteiger partial charge >= 0.3 is 6.03 Å². The van der Waals surface area contributed by atoms with Crippen LogP contribution in [0.5, 0.6) is 0 Å². The van der Waals surface area contributed by atoms with Gasteiger partial charge in [0.2, 0.25) is 0 Å². The van der Waals surface area contributed by atoms with Crippen LogP contribution < -0.4 is 5.32 Å². The maximum atomic E-state index is 13.9. The molecule has 0 aromatic carbocycles. The van der Waals surface area contributed by atoms with Crippen molar-refractivity contribution in [1.82, 2.24) is 24.6 Å². The molecule has 2 aromatic rings. The Labute approximate surface area is 144 Å². The lowest BCUT2D eigenvalue weighted by molar-refractivity contribution is 0.183. The predicted octanol–water partition coefficient (Wildman–Crippen LogP) is 1.95. The standard InChI is InChI=1S/C15H21FN6OS/c1-20(15(23)19-12-6-18-21(2)8-12)9-13-5-11(16)7-22(13)10-14-17-3-4-24-14/h3-4,6,8,11,13H,5,7,9-10H2,1-2H3,(H,19,23)/t11-,13-/m0/s1. The number of aromatic nitrogens is 3. The first-order valence-corrected chi connectivity index (χ1v) is 8.66. The molecule has 7 nitrogen and oxygen atoms in total. The van der Waals surface area contributed by atoms with E-state index in [0.29, 0.717) is 31.7 Å². The molecule has 0 saturated carbocycles. The summed E-state index contributed by atoms with van der Waals surface area (Å²) < 4.78 is 15.5. The van der Waals surface area contributed by atoms with Gasteiger partial charge in [0.1, 0.15) is 11.2 Å². The highest BCUT2D eigenvalue weighted by molar-refractivity contribution is 7.09. The highest BCUT2D eigenvalue weighted by Gasteiger charge is 2.33. The van der Waals surface area contributed by atoms with Crippen LogP contribution in [0.25, 0.3) is 0 Å². The number of hydrogen-bond acceptors (Lipinski definition) is 5. The topological polar surface area (TPSA) is 66.3 Å². The zero-order valence-electron chi connectivity index (χ0n) is 13.7. The molecule has 130 valence electrons. The molecule has 3 rings (SSSR count). The quantitative estimate of drug-likeness (QED) is 0.893. The lowest BCUT2D eigenvalue weighted by atomic mass is 10.2. The molecule has 0 bridgehead atoms. The van der Waals surface area contributed by atoms with Crippen molar-refractivity contribution in [3.8, 4) is 0 Å². The van der Waals surface area contributed by atoms with E-state index in [1.807, 2.05) is 5.38 Å². The highest BCUT2D eigenvalue weighted by Crippen LogP contribution is 2.24. The minimum atomic E-state index is -0.857. The van der Waals surface area contributed by atoms with Crippen molar-refractivity contribution < 1.29 is 9.18 Å². The van der Waals surface area contributed by atoms with Crippen molar-refractivity contribution in [3.63, 3.8) is 0 Å². The average molecular weight is 352 g/mol. The first-order chi connectivity index (χ1) is 11.5. The maximum absolute atomic E-state index is 13.9. The molecule has 1 fully saturated rings. The van der Waals surface area contributed by atoms with Gasteiger partial charge in [-0.3, -0.25) is 9.58 Å². The Morgan fingerprint density at radius 2 is 2.42 bits per heavy atom. The van der Waals surface area contributed by atoms with Crippen molar-refractivity contribution in [2.45, 2.75) is 25.2 Å². The number of urea groups is 1. The molecule has 2 atom stereocenters. The SMILES string of the molecule is CN(C[C@@H]1C[C@H](F)CN1Cc1nccs1)C(=O)Nc1cnn(C)c1. The molecule has 2 aromatic heterocycles. The van der Waals surface area contributed by atoms with Gasteiger partial charge in [0.05, 0.1) is 18.4 Å². The lowest BCUT2D eigenvalue weighted by Crippen LogP contribution is -2.42. The largest absolute Gasteiger partial charge is 0.326 e. The third-order valence-electron chi connectivity index (χ3n) is 4.09. The first-order valence-electron chi connectivity index (χ1n) is 7.78. The van der Waals surface area contributed by atoms with E-state index in [1.165, 1.54) is 0 Å². The van der Waals surface area contributed by atoms with Crippen LogP contribution in [0.3, 0.4) is 0 Å². The number of nitrogens with zero attached hydrogens (tertiary/aromatic N) is 5. The summed E-state index contributed by atoms with van der Waals surface area (Å²) in [5, 5.41) is 9.69. The van der Waals surface area contributed by atoms with Crippen LogP contribution in [-0.4, -0.2) is 62.9 Å². The molecule has 1 aliphatic rings. The van der Waals surface area contributed by atoms with Gasteiger partial charge in [-0.25, -0.2) is 14.2 Å². The van der Waals surface area contributed by atoms with Crippen molar-refractivity contribution in [3.05, 3.63) is 29.0 Å². The fourth-order valence-corrected chi connectivity index (χ4v) is 3.56. The monoisotopic (exact) mass is 352 g/mol. The second-order valence-electron chi connectivity index (χ2n) is 6.06. The molecular formula is C15H21FN6OS. The maximum Gasteiger partial charge on any atom is 0.321 e. The number of anilines is 1. The van der Waals surface area contributed by atoms with Crippen LogP contribution in [-0.2, 0) is 13.6 Å². The fraction of sp³-hybridized carbons (Fsp3) is 0.533. The van der Waals surface area contributed by atoms with Gasteiger partial charge in [0.25, 0.3) is 0 Å². The smallest absolute Gasteiger partial charge is 0.321 e. The summed E-state index contributed by atoms with van der Waals surface area (Å²) in [6.45, 7) is 1.49. The summed E-state index contributed by atoms with van der Waals surface area (Å²) in [5.41, 5.74) is 0.642. The molecule has 9 heteroatoms. The molecule has 2 amide bonds. The molecule has 0 radical (unpaired) electrons. The Hall–Kier alpha value is -2.00. The molecule has 1 saturated heterocycles. The second kappa shape index (κ2) is 7.27. The third kappa shape index (κ3) is 4.09. The summed E-state index contributed by atoms with van der Waals surface area (Å²) in [7, 11) is 3.51. The number of halogens is 1. The van der Waals surface area contributed by atoms with Gasteiger partial charge < -0.3 is 10.2 Å². The van der Waals surface area contributed by atoms with E-state index in [-0.39, 0.29) is 12.1 Å². The van der Waals surface area contributed by atoms with Crippen molar-refractivity contribution >= 4 is 23.1 Å². The van der Waals surface area contributed by atoms with Crippen LogP contribution in [0, 0.1) is 0 Å². The highest BCUT2D eigenvalue weighted by atomic mass is 32.1. The second-order valence-corrected chi connectivity index (χ2v) is 7.03. The number of aryl methyl sites for hydroxylation is 1. The van der Waals surface area contributed by atoms with E-state index in [2.05, 4.69) is 20.3 Å². The van der Waals surface area contributed by atoms with Crippen LogP contribution in [0.1, 0.15) is 11.4 Å². The van der Waals surface area contributed by atoms with Crippen molar-refractivity contribution in [1.29, 1.82) is 0 Å². The number of carbonyl (C=O) groups excluding carboxylic acids is 1. The molecule has 24 heavy (non-hydrogen) atoms. The molecule has 1 N–H and O–H groups in total. The number of likely N-dealkylation sites (tertiary alicyclic amines) is 1. The number of likely N-dealkylation sites (N-methyl/N-ethyl adjacent to an activating group) is 1. The number of thiazole rings is 1. The Kier molecular flexibility index (Phi) is 5.10. The van der Waals surface area contributed by atoms with Crippen LogP contribution in [0.2, 0.25) is 0 Å². The van der Waals surface area contributed by atoms with Gasteiger partial charge in [-0.05, 0) is 6.42 Å². The summed E-state index contributed by atoms with van der Waals surface area (Å²) in [5.74, 6) is 0. The first kappa shape index (κ1) is 16.8. The minimum Gasteiger partial charge on any atom is -0.326 e. The minimum absolute atomic E-state index is 0.00597. The number of hydrogen-bond donors (Lipinski definition) is 1. The Bertz CT molecular complexity index is 675. The Morgan fingerprint density at radius 1 is 1.58 bits per heavy atom. The number of rotatable bonds is 5. The van der Waals surface area contributed by atoms with Crippen LogP contribution in [0.4, 0.5) is 14.9 Å². The van der Waals surface area contributed by atoms with E-state index in [0.717, 1.165) is 5.01 Å². The van der Waals surface area contributed by atoms with Gasteiger partial charge in [-0.1, -0.05) is 0 Å². The zero-order chi connectivity index (χ0) is 17.1. The predicted molar refractivity (Wildman–Crippen MR) is 90.7 cm³/mol. The normalized spacial score (nSPS) is 21.1. The van der Waals surface area contributed by atoms with E-state index in [1.54, 1.807) is 53.6 Å². The van der Waals surface area contributed by atoms with Gasteiger partial charge in [-0.2, -0.15) is 5.10 Å². The summed E-state index contributed by atoms with van der Waals surface area (Å²) in [6.07, 6.45) is 4.66.